The van der Waals surface area contributed by atoms with Gasteiger partial charge in [-0.3, -0.25) is 14.9 Å². The van der Waals surface area contributed by atoms with Gasteiger partial charge in [0, 0.05) is 45.6 Å². The number of ketones is 1. The van der Waals surface area contributed by atoms with Gasteiger partial charge in [-0.05, 0) is 24.3 Å². The number of carbonyl (C=O) groups is 2. The van der Waals surface area contributed by atoms with E-state index in [-0.39, 0.29) is 24.1 Å². The van der Waals surface area contributed by atoms with E-state index in [4.69, 9.17) is 23.1 Å². The van der Waals surface area contributed by atoms with Crippen LogP contribution in [0.5, 0.6) is 0 Å². The number of nitrogens with zero attached hydrogens (tertiary/aromatic N) is 2. The molecule has 3 heterocycles. The van der Waals surface area contributed by atoms with Gasteiger partial charge in [-0.2, -0.15) is 0 Å². The van der Waals surface area contributed by atoms with Gasteiger partial charge in [0.25, 0.3) is 5.91 Å². The number of Topliss-reactive ketones (excluding diaryl/α,β-unsaturated/α-hetero) is 1. The number of anilines is 1. The molecule has 1 aromatic carbocycles. The summed E-state index contributed by atoms with van der Waals surface area (Å²) in [6.45, 7) is 0.677. The number of amidine groups is 1. The molecule has 148 valence electrons. The lowest BCUT2D eigenvalue weighted by Gasteiger charge is -2.29. The maximum Gasteiger partial charge on any atom is 0.257 e. The summed E-state index contributed by atoms with van der Waals surface area (Å²) in [7, 11) is 0. The molecule has 0 aliphatic carbocycles. The quantitative estimate of drug-likeness (QED) is 0.588. The second kappa shape index (κ2) is 7.78. The van der Waals surface area contributed by atoms with Crippen LogP contribution in [-0.4, -0.2) is 35.6 Å². The molecule has 0 bridgehead atoms. The Hall–Kier alpha value is -3.01. The molecule has 0 spiro atoms. The fourth-order valence-electron chi connectivity index (χ4n) is 3.31. The molecule has 1 aromatic heterocycles. The largest absolute Gasteiger partial charge is 0.404 e. The standard InChI is InChI=1S/C19H17ClN6O2S/c20-10-3-1-9(2-4-10)18(28)26-19-24-8-14(29-19)15-11(5-21)17(22)25-12-6-23-7-13(27)16(12)15/h1-5,8,15,23H,6-7,21H2,(H2,22,25)(H,24,26,28)/b11-5-. The van der Waals surface area contributed by atoms with Gasteiger partial charge >= 0.3 is 0 Å². The van der Waals surface area contributed by atoms with E-state index in [1.807, 2.05) is 0 Å². The Morgan fingerprint density at radius 2 is 2.07 bits per heavy atom. The molecule has 0 radical (unpaired) electrons. The third kappa shape index (κ3) is 3.67. The normalized spacial score (nSPS) is 20.4. The smallest absolute Gasteiger partial charge is 0.257 e. The number of halogens is 1. The Bertz CT molecular complexity index is 1090. The van der Waals surface area contributed by atoms with E-state index in [9.17, 15) is 9.59 Å². The molecule has 2 aromatic rings. The molecule has 6 N–H and O–H groups in total. The highest BCUT2D eigenvalue weighted by Crippen LogP contribution is 2.41. The van der Waals surface area contributed by atoms with Crippen molar-refractivity contribution in [3.8, 4) is 0 Å². The van der Waals surface area contributed by atoms with Crippen molar-refractivity contribution < 1.29 is 9.59 Å². The SMILES string of the molecule is N/C=C1\C(N)=NC2=C(C(=O)CNC2)C1c1cnc(NC(=O)c2ccc(Cl)cc2)s1. The lowest BCUT2D eigenvalue weighted by atomic mass is 9.82. The van der Waals surface area contributed by atoms with Crippen molar-refractivity contribution >= 4 is 45.6 Å². The van der Waals surface area contributed by atoms with Gasteiger partial charge in [0.2, 0.25) is 0 Å². The van der Waals surface area contributed by atoms with Crippen LogP contribution in [0, 0.1) is 0 Å². The Labute approximate surface area is 175 Å². The zero-order valence-electron chi connectivity index (χ0n) is 15.1. The van der Waals surface area contributed by atoms with Crippen molar-refractivity contribution in [2.24, 2.45) is 16.5 Å². The minimum absolute atomic E-state index is 0.0630. The fourth-order valence-corrected chi connectivity index (χ4v) is 4.38. The van der Waals surface area contributed by atoms with Gasteiger partial charge in [0.05, 0.1) is 18.2 Å². The molecule has 29 heavy (non-hydrogen) atoms. The highest BCUT2D eigenvalue weighted by atomic mass is 35.5. The first-order valence-corrected chi connectivity index (χ1v) is 9.93. The Morgan fingerprint density at radius 1 is 1.31 bits per heavy atom. The fraction of sp³-hybridized carbons (Fsp3) is 0.158. The third-order valence-corrected chi connectivity index (χ3v) is 5.88. The van der Waals surface area contributed by atoms with Gasteiger partial charge in [0.1, 0.15) is 5.84 Å². The van der Waals surface area contributed by atoms with Crippen LogP contribution >= 0.6 is 22.9 Å². The topological polar surface area (TPSA) is 135 Å². The average Bonchev–Trinajstić information content (AvgIpc) is 3.15. The van der Waals surface area contributed by atoms with E-state index in [0.717, 1.165) is 4.88 Å². The molecule has 2 aliphatic rings. The second-order valence-corrected chi connectivity index (χ2v) is 7.97. The summed E-state index contributed by atoms with van der Waals surface area (Å²) in [4.78, 5) is 34.4. The molecular formula is C19H17ClN6O2S. The zero-order chi connectivity index (χ0) is 20.5. The molecule has 2 aliphatic heterocycles. The van der Waals surface area contributed by atoms with Gasteiger partial charge in [-0.25, -0.2) is 9.98 Å². The lowest BCUT2D eigenvalue weighted by Crippen LogP contribution is -2.39. The number of amides is 1. The van der Waals surface area contributed by atoms with Crippen LogP contribution in [0.25, 0.3) is 0 Å². The lowest BCUT2D eigenvalue weighted by molar-refractivity contribution is -0.115. The van der Waals surface area contributed by atoms with Gasteiger partial charge < -0.3 is 16.8 Å². The number of hydrogen-bond donors (Lipinski definition) is 4. The van der Waals surface area contributed by atoms with E-state index in [2.05, 4.69) is 20.6 Å². The number of aromatic nitrogens is 1. The number of aliphatic imine (C=N–C) groups is 1. The molecule has 0 saturated heterocycles. The number of carbonyl (C=O) groups excluding carboxylic acids is 2. The summed E-state index contributed by atoms with van der Waals surface area (Å²) in [6.07, 6.45) is 2.99. The number of nitrogens with two attached hydrogens (primary N) is 2. The first kappa shape index (κ1) is 19.3. The minimum Gasteiger partial charge on any atom is -0.404 e. The molecule has 0 saturated carbocycles. The number of hydrogen-bond acceptors (Lipinski definition) is 8. The van der Waals surface area contributed by atoms with Crippen LogP contribution in [-0.2, 0) is 4.79 Å². The van der Waals surface area contributed by atoms with Gasteiger partial charge in [-0.1, -0.05) is 11.6 Å². The Morgan fingerprint density at radius 3 is 2.79 bits per heavy atom. The van der Waals surface area contributed by atoms with Gasteiger partial charge in [-0.15, -0.1) is 11.3 Å². The number of benzene rings is 1. The minimum atomic E-state index is -0.458. The Balaban J connectivity index is 1.64. The van der Waals surface area contributed by atoms with Crippen molar-refractivity contribution in [2.75, 3.05) is 18.4 Å². The van der Waals surface area contributed by atoms with Crippen LogP contribution in [0.1, 0.15) is 21.2 Å². The maximum absolute atomic E-state index is 12.6. The predicted molar refractivity (Wildman–Crippen MR) is 113 cm³/mol. The summed E-state index contributed by atoms with van der Waals surface area (Å²) < 4.78 is 0. The second-order valence-electron chi connectivity index (χ2n) is 6.47. The first-order chi connectivity index (χ1) is 14.0. The Kier molecular flexibility index (Phi) is 5.18. The summed E-state index contributed by atoms with van der Waals surface area (Å²) in [6, 6.07) is 6.54. The third-order valence-electron chi connectivity index (χ3n) is 4.65. The van der Waals surface area contributed by atoms with E-state index in [1.165, 1.54) is 17.5 Å². The van der Waals surface area contributed by atoms with Crippen LogP contribution in [0.4, 0.5) is 5.13 Å². The van der Waals surface area contributed by atoms with Crippen molar-refractivity contribution in [1.29, 1.82) is 0 Å². The highest BCUT2D eigenvalue weighted by Gasteiger charge is 2.37. The van der Waals surface area contributed by atoms with Crippen LogP contribution in [0.15, 0.2) is 58.5 Å². The predicted octanol–water partition coefficient (Wildman–Crippen LogP) is 1.77. The molecule has 4 rings (SSSR count). The molecule has 1 atom stereocenters. The molecular weight excluding hydrogens is 412 g/mol. The van der Waals surface area contributed by atoms with E-state index in [1.54, 1.807) is 30.5 Å². The van der Waals surface area contributed by atoms with Crippen LogP contribution in [0.2, 0.25) is 5.02 Å². The average molecular weight is 429 g/mol. The summed E-state index contributed by atoms with van der Waals surface area (Å²) in [5, 5.41) is 6.73. The number of nitrogens with one attached hydrogen (secondary N) is 2. The maximum atomic E-state index is 12.6. The summed E-state index contributed by atoms with van der Waals surface area (Å²) >= 11 is 7.12. The van der Waals surface area contributed by atoms with E-state index in [0.29, 0.717) is 39.1 Å². The molecule has 10 heteroatoms. The van der Waals surface area contributed by atoms with Crippen molar-refractivity contribution in [3.05, 3.63) is 69.0 Å². The molecule has 1 amide bonds. The van der Waals surface area contributed by atoms with Crippen molar-refractivity contribution in [1.82, 2.24) is 10.3 Å². The van der Waals surface area contributed by atoms with E-state index < -0.39 is 5.92 Å². The number of rotatable bonds is 3. The van der Waals surface area contributed by atoms with Crippen LogP contribution in [0.3, 0.4) is 0 Å². The highest BCUT2D eigenvalue weighted by molar-refractivity contribution is 7.15. The molecule has 8 nitrogen and oxygen atoms in total. The molecule has 1 unspecified atom stereocenters. The van der Waals surface area contributed by atoms with Gasteiger partial charge in [0.15, 0.2) is 10.9 Å². The molecule has 0 fully saturated rings. The first-order valence-electron chi connectivity index (χ1n) is 8.74. The van der Waals surface area contributed by atoms with Crippen molar-refractivity contribution in [2.45, 2.75) is 5.92 Å². The van der Waals surface area contributed by atoms with Crippen LogP contribution < -0.4 is 22.1 Å². The van der Waals surface area contributed by atoms with Crippen molar-refractivity contribution in [3.63, 3.8) is 0 Å². The zero-order valence-corrected chi connectivity index (χ0v) is 16.7. The van der Waals surface area contributed by atoms with E-state index >= 15 is 0 Å². The summed E-state index contributed by atoms with van der Waals surface area (Å²) in [5.41, 5.74) is 14.1. The number of thiazole rings is 1. The summed E-state index contributed by atoms with van der Waals surface area (Å²) in [5.74, 6) is -0.555. The monoisotopic (exact) mass is 428 g/mol.